The maximum Gasteiger partial charge on any atom is 0.276 e. The van der Waals surface area contributed by atoms with Crippen molar-refractivity contribution in [3.8, 4) is 17.2 Å². The molecule has 0 aliphatic carbocycles. The summed E-state index contributed by atoms with van der Waals surface area (Å²) in [6, 6.07) is 11.1. The first-order valence-corrected chi connectivity index (χ1v) is 10.0. The van der Waals surface area contributed by atoms with Crippen molar-refractivity contribution in [2.24, 2.45) is 10.1 Å². The highest BCUT2D eigenvalue weighted by Gasteiger charge is 2.36. The van der Waals surface area contributed by atoms with Gasteiger partial charge in [0.15, 0.2) is 22.8 Å². The lowest BCUT2D eigenvalue weighted by atomic mass is 10.1. The van der Waals surface area contributed by atoms with Gasteiger partial charge in [-0.1, -0.05) is 30.0 Å². The number of carbonyl (C=O) groups excluding carboxylic acids is 1. The minimum Gasteiger partial charge on any atom is -0.493 e. The predicted molar refractivity (Wildman–Crippen MR) is 110 cm³/mol. The van der Waals surface area contributed by atoms with Crippen LogP contribution in [0.2, 0.25) is 0 Å². The van der Waals surface area contributed by atoms with Crippen molar-refractivity contribution in [1.29, 1.82) is 0 Å². The molecule has 4 rings (SSSR count). The van der Waals surface area contributed by atoms with Gasteiger partial charge in [-0.3, -0.25) is 15.1 Å². The molecule has 0 radical (unpaired) electrons. The molecule has 2 heterocycles. The number of para-hydroxylation sites is 1. The van der Waals surface area contributed by atoms with Gasteiger partial charge in [0, 0.05) is 10.8 Å². The van der Waals surface area contributed by atoms with E-state index < -0.39 is 6.17 Å². The van der Waals surface area contributed by atoms with Crippen LogP contribution in [0.3, 0.4) is 0 Å². The van der Waals surface area contributed by atoms with Gasteiger partial charge in [0.1, 0.15) is 5.70 Å². The van der Waals surface area contributed by atoms with E-state index in [0.29, 0.717) is 39.0 Å². The van der Waals surface area contributed by atoms with Crippen molar-refractivity contribution in [2.75, 3.05) is 27.6 Å². The normalized spacial score (nSPS) is 17.4. The number of hydrazone groups is 1. The Hall–Kier alpha value is -3.20. The summed E-state index contributed by atoms with van der Waals surface area (Å²) in [4.78, 5) is 17.8. The molecule has 0 spiro atoms. The van der Waals surface area contributed by atoms with Gasteiger partial charge in [-0.25, -0.2) is 5.01 Å². The number of ether oxygens (including phenoxy) is 3. The second kappa shape index (κ2) is 7.67. The van der Waals surface area contributed by atoms with Crippen LogP contribution in [0.15, 0.2) is 46.5 Å². The minimum atomic E-state index is -0.608. The Bertz CT molecular complexity index is 1130. The summed E-state index contributed by atoms with van der Waals surface area (Å²) in [6.45, 7) is 0. The second-order valence-electron chi connectivity index (χ2n) is 6.20. The Morgan fingerprint density at radius 3 is 2.48 bits per heavy atom. The molecule has 9 heteroatoms. The number of fused-ring (bicyclic) bond motifs is 2. The third-order valence-corrected chi connectivity index (χ3v) is 5.29. The van der Waals surface area contributed by atoms with Crippen molar-refractivity contribution in [2.45, 2.75) is 6.17 Å². The predicted octanol–water partition coefficient (Wildman–Crippen LogP) is 1.22. The number of methoxy groups -OCH3 is 3. The standard InChI is InChI=1S/C20H20N4O4S/c1-26-14-10-9-12(16(27-2)17(14)28-3)18-21-13-8-6-5-7-11(13)15-19(25)22-20(29-4)23-24(15)18/h5-10,18H,1-4H3,(H,22,23,25)/t18-/m1/s1. The smallest absolute Gasteiger partial charge is 0.276 e. The number of thioether (sulfide) groups is 1. The molecular formula is C20H20N4O4S. The molecule has 2 aliphatic heterocycles. The van der Waals surface area contributed by atoms with E-state index in [4.69, 9.17) is 19.2 Å². The number of nitrogens with zero attached hydrogens (tertiary/aromatic N) is 3. The number of hydrogen-bond donors (Lipinski definition) is 1. The molecule has 2 aliphatic rings. The highest BCUT2D eigenvalue weighted by atomic mass is 32.2. The molecule has 0 saturated heterocycles. The molecule has 8 nitrogen and oxygen atoms in total. The van der Waals surface area contributed by atoms with Crippen molar-refractivity contribution < 1.29 is 19.0 Å². The molecule has 1 N–H and O–H groups in total. The molecule has 0 saturated carbocycles. The van der Waals surface area contributed by atoms with Crippen LogP contribution in [0.4, 0.5) is 0 Å². The fourth-order valence-corrected chi connectivity index (χ4v) is 3.81. The van der Waals surface area contributed by atoms with Gasteiger partial charge in [-0.2, -0.15) is 0 Å². The second-order valence-corrected chi connectivity index (χ2v) is 6.99. The Morgan fingerprint density at radius 1 is 1.03 bits per heavy atom. The molecule has 0 bridgehead atoms. The van der Waals surface area contributed by atoms with E-state index in [1.54, 1.807) is 32.4 Å². The highest BCUT2D eigenvalue weighted by molar-refractivity contribution is 8.13. The molecule has 0 fully saturated rings. The number of rotatable bonds is 4. The summed E-state index contributed by atoms with van der Waals surface area (Å²) < 4.78 is 16.6. The minimum absolute atomic E-state index is 0.226. The number of amides is 1. The van der Waals surface area contributed by atoms with Gasteiger partial charge in [0.25, 0.3) is 5.91 Å². The number of nitrogens with one attached hydrogen (secondary N) is 1. The third-order valence-electron chi connectivity index (χ3n) is 4.72. The summed E-state index contributed by atoms with van der Waals surface area (Å²) in [5.74, 6) is 1.25. The lowest BCUT2D eigenvalue weighted by Gasteiger charge is -2.34. The molecule has 29 heavy (non-hydrogen) atoms. The van der Waals surface area contributed by atoms with Crippen LogP contribution in [-0.2, 0) is 4.79 Å². The van der Waals surface area contributed by atoms with Crippen LogP contribution in [0.1, 0.15) is 11.7 Å². The quantitative estimate of drug-likeness (QED) is 0.813. The fourth-order valence-electron chi connectivity index (χ4n) is 3.45. The zero-order valence-electron chi connectivity index (χ0n) is 16.4. The van der Waals surface area contributed by atoms with E-state index in [1.807, 2.05) is 36.6 Å². The zero-order valence-corrected chi connectivity index (χ0v) is 17.2. The van der Waals surface area contributed by atoms with Crippen LogP contribution in [-0.4, -0.2) is 43.7 Å². The van der Waals surface area contributed by atoms with Gasteiger partial charge in [-0.15, -0.1) is 5.10 Å². The number of amidine groups is 1. The number of carbonyl (C=O) groups is 1. The van der Waals surface area contributed by atoms with E-state index >= 15 is 0 Å². The molecule has 1 amide bonds. The number of hydrogen-bond acceptors (Lipinski definition) is 8. The Morgan fingerprint density at radius 2 is 1.79 bits per heavy atom. The summed E-state index contributed by atoms with van der Waals surface area (Å²) >= 11 is 1.35. The van der Waals surface area contributed by atoms with Crippen molar-refractivity contribution >= 4 is 28.5 Å². The van der Waals surface area contributed by atoms with Crippen LogP contribution < -0.4 is 30.1 Å². The average molecular weight is 412 g/mol. The molecule has 2 aromatic rings. The zero-order chi connectivity index (χ0) is 20.5. The molecule has 1 atom stereocenters. The fraction of sp³-hybridized carbons (Fsp3) is 0.250. The van der Waals surface area contributed by atoms with E-state index in [2.05, 4.69) is 10.4 Å². The Labute approximate surface area is 171 Å². The van der Waals surface area contributed by atoms with Crippen molar-refractivity contribution in [3.63, 3.8) is 0 Å². The van der Waals surface area contributed by atoms with Gasteiger partial charge in [-0.05, 0) is 24.5 Å². The van der Waals surface area contributed by atoms with Crippen LogP contribution in [0.5, 0.6) is 17.2 Å². The first-order chi connectivity index (χ1) is 14.1. The molecule has 2 aromatic carbocycles. The van der Waals surface area contributed by atoms with E-state index in [9.17, 15) is 4.79 Å². The van der Waals surface area contributed by atoms with Gasteiger partial charge in [0.05, 0.1) is 26.7 Å². The Balaban J connectivity index is 2.00. The maximum absolute atomic E-state index is 12.9. The number of benzene rings is 2. The summed E-state index contributed by atoms with van der Waals surface area (Å²) in [6.07, 6.45) is 1.24. The first-order valence-electron chi connectivity index (χ1n) is 8.82. The van der Waals surface area contributed by atoms with E-state index in [1.165, 1.54) is 11.8 Å². The molecule has 150 valence electrons. The Kier molecular flexibility index (Phi) is 5.06. The lowest BCUT2D eigenvalue weighted by molar-refractivity contribution is -0.116. The monoisotopic (exact) mass is 412 g/mol. The lowest BCUT2D eigenvalue weighted by Crippen LogP contribution is -2.50. The summed E-state index contributed by atoms with van der Waals surface area (Å²) in [7, 11) is 4.67. The van der Waals surface area contributed by atoms with Crippen molar-refractivity contribution in [1.82, 2.24) is 10.3 Å². The van der Waals surface area contributed by atoms with Crippen molar-refractivity contribution in [3.05, 3.63) is 52.5 Å². The highest BCUT2D eigenvalue weighted by Crippen LogP contribution is 2.45. The molecule has 0 aromatic heterocycles. The summed E-state index contributed by atoms with van der Waals surface area (Å²) in [5.41, 5.74) is 1.14. The van der Waals surface area contributed by atoms with Crippen LogP contribution in [0, 0.1) is 0 Å². The van der Waals surface area contributed by atoms with E-state index in [-0.39, 0.29) is 5.91 Å². The van der Waals surface area contributed by atoms with Gasteiger partial charge < -0.3 is 14.2 Å². The first kappa shape index (κ1) is 19.1. The third kappa shape index (κ3) is 3.07. The molecular weight excluding hydrogens is 392 g/mol. The topological polar surface area (TPSA) is 84.8 Å². The van der Waals surface area contributed by atoms with Crippen LogP contribution in [0.25, 0.3) is 5.70 Å². The average Bonchev–Trinajstić information content (AvgIpc) is 2.76. The largest absolute Gasteiger partial charge is 0.493 e. The van der Waals surface area contributed by atoms with Gasteiger partial charge >= 0.3 is 0 Å². The SMILES string of the molecule is COc1ccc([C@@H]2N=c3ccccc3=C3C(=O)NC(SC)=NN32)c(OC)c1OC. The van der Waals surface area contributed by atoms with Crippen LogP contribution >= 0.6 is 11.8 Å². The molecule has 0 unspecified atom stereocenters. The summed E-state index contributed by atoms with van der Waals surface area (Å²) in [5, 5.41) is 11.0. The maximum atomic E-state index is 12.9. The van der Waals surface area contributed by atoms with E-state index in [0.717, 1.165) is 5.22 Å². The van der Waals surface area contributed by atoms with Gasteiger partial charge in [0.2, 0.25) is 5.75 Å².